The number of alkyl carbamates (subject to hydrolysis) is 1. The van der Waals surface area contributed by atoms with Gasteiger partial charge in [-0.05, 0) is 57.1 Å². The summed E-state index contributed by atoms with van der Waals surface area (Å²) in [7, 11) is 1.62. The number of urea groups is 1. The van der Waals surface area contributed by atoms with Gasteiger partial charge in [0.25, 0.3) is 0 Å². The SMILES string of the molecule is CC(C)[C@H](NC(=O)N(C)Cc1csc(N)n1)C(=O)N[C@@H](Cc1ccccc1)[C@@H](O)C[C@H](Cc1ccccc1)NC(=O)OC(C)(C)C. The molecule has 0 spiro atoms. The van der Waals surface area contributed by atoms with Crippen molar-refractivity contribution in [2.45, 2.75) is 90.3 Å². The molecule has 0 unspecified atom stereocenters. The lowest BCUT2D eigenvalue weighted by atomic mass is 9.93. The number of nitrogens with two attached hydrogens (primary N) is 1. The number of hydrogen-bond acceptors (Lipinski definition) is 8. The summed E-state index contributed by atoms with van der Waals surface area (Å²) in [5.41, 5.74) is 7.58. The molecule has 0 aliphatic carbocycles. The number of amides is 4. The number of anilines is 1. The summed E-state index contributed by atoms with van der Waals surface area (Å²) in [5, 5.41) is 22.6. The fourth-order valence-electron chi connectivity index (χ4n) is 4.93. The maximum atomic E-state index is 13.7. The highest BCUT2D eigenvalue weighted by atomic mass is 32.1. The molecule has 4 atom stereocenters. The van der Waals surface area contributed by atoms with Crippen molar-refractivity contribution in [2.75, 3.05) is 12.8 Å². The Morgan fingerprint density at radius 3 is 2.07 bits per heavy atom. The summed E-state index contributed by atoms with van der Waals surface area (Å²) < 4.78 is 5.51. The van der Waals surface area contributed by atoms with Crippen LogP contribution in [-0.2, 0) is 28.9 Å². The minimum atomic E-state index is -1.05. The summed E-state index contributed by atoms with van der Waals surface area (Å²) in [6.07, 6.45) is -0.706. The first kappa shape index (κ1) is 36.3. The van der Waals surface area contributed by atoms with Gasteiger partial charge in [-0.2, -0.15) is 0 Å². The van der Waals surface area contributed by atoms with E-state index in [1.54, 1.807) is 33.2 Å². The minimum Gasteiger partial charge on any atom is -0.444 e. The van der Waals surface area contributed by atoms with E-state index >= 15 is 0 Å². The van der Waals surface area contributed by atoms with Crippen molar-refractivity contribution in [1.29, 1.82) is 0 Å². The van der Waals surface area contributed by atoms with E-state index in [9.17, 15) is 19.5 Å². The number of aliphatic hydroxyl groups is 1. The van der Waals surface area contributed by atoms with Crippen LogP contribution in [0.15, 0.2) is 66.0 Å². The molecule has 4 amide bonds. The predicted molar refractivity (Wildman–Crippen MR) is 181 cm³/mol. The molecule has 0 saturated heterocycles. The van der Waals surface area contributed by atoms with Crippen molar-refractivity contribution in [3.05, 3.63) is 82.9 Å². The monoisotopic (exact) mass is 652 g/mol. The summed E-state index contributed by atoms with van der Waals surface area (Å²) in [6, 6.07) is 16.7. The molecule has 3 rings (SSSR count). The van der Waals surface area contributed by atoms with Gasteiger partial charge in [0.1, 0.15) is 11.6 Å². The molecule has 250 valence electrons. The number of aliphatic hydroxyl groups excluding tert-OH is 1. The highest BCUT2D eigenvalue weighted by Gasteiger charge is 2.32. The summed E-state index contributed by atoms with van der Waals surface area (Å²) in [6.45, 7) is 9.28. The Bertz CT molecular complexity index is 1400. The first-order chi connectivity index (χ1) is 21.7. The van der Waals surface area contributed by atoms with Gasteiger partial charge in [-0.25, -0.2) is 14.6 Å². The van der Waals surface area contributed by atoms with Gasteiger partial charge in [0.05, 0.1) is 24.4 Å². The van der Waals surface area contributed by atoms with Gasteiger partial charge in [-0.3, -0.25) is 4.79 Å². The Balaban J connectivity index is 1.78. The number of nitrogens with zero attached hydrogens (tertiary/aromatic N) is 2. The standard InChI is InChI=1S/C34H48N6O5S/c1-22(2)29(39-32(43)40(6)20-26-21-46-31(35)36-26)30(42)38-27(18-24-15-11-8-12-16-24)28(41)19-25(17-23-13-9-7-10-14-23)37-33(44)45-34(3,4)5/h7-16,21-22,25,27-29,41H,17-20H2,1-6H3,(H2,35,36)(H,37,44)(H,38,42)(H,39,43)/t25-,27-,28-,29-/m0/s1. The van der Waals surface area contributed by atoms with E-state index in [-0.39, 0.29) is 18.9 Å². The van der Waals surface area contributed by atoms with Crippen LogP contribution in [0.25, 0.3) is 0 Å². The molecule has 46 heavy (non-hydrogen) atoms. The van der Waals surface area contributed by atoms with Gasteiger partial charge in [0, 0.05) is 18.5 Å². The van der Waals surface area contributed by atoms with Crippen molar-refractivity contribution in [3.63, 3.8) is 0 Å². The molecule has 11 nitrogen and oxygen atoms in total. The van der Waals surface area contributed by atoms with Crippen LogP contribution in [0.3, 0.4) is 0 Å². The summed E-state index contributed by atoms with van der Waals surface area (Å²) >= 11 is 1.29. The highest BCUT2D eigenvalue weighted by Crippen LogP contribution is 2.17. The second kappa shape index (κ2) is 17.0. The van der Waals surface area contributed by atoms with Gasteiger partial charge in [-0.1, -0.05) is 74.5 Å². The second-order valence-corrected chi connectivity index (χ2v) is 13.7. The number of thiazole rings is 1. The van der Waals surface area contributed by atoms with Gasteiger partial charge in [0.2, 0.25) is 5.91 Å². The molecule has 0 saturated carbocycles. The molecule has 3 aromatic rings. The Kier molecular flexibility index (Phi) is 13.4. The normalized spacial score (nSPS) is 14.1. The Hall–Kier alpha value is -4.16. The van der Waals surface area contributed by atoms with Gasteiger partial charge < -0.3 is 36.4 Å². The van der Waals surface area contributed by atoms with E-state index in [4.69, 9.17) is 10.5 Å². The van der Waals surface area contributed by atoms with Gasteiger partial charge >= 0.3 is 12.1 Å². The number of carbonyl (C=O) groups is 3. The van der Waals surface area contributed by atoms with Crippen molar-refractivity contribution in [2.24, 2.45) is 5.92 Å². The Morgan fingerprint density at radius 2 is 1.54 bits per heavy atom. The van der Waals surface area contributed by atoms with Crippen LogP contribution in [0.2, 0.25) is 0 Å². The zero-order valence-corrected chi connectivity index (χ0v) is 28.3. The van der Waals surface area contributed by atoms with Crippen LogP contribution >= 0.6 is 11.3 Å². The van der Waals surface area contributed by atoms with Gasteiger partial charge in [0.15, 0.2) is 5.13 Å². The van der Waals surface area contributed by atoms with Crippen molar-refractivity contribution in [3.8, 4) is 0 Å². The summed E-state index contributed by atoms with van der Waals surface area (Å²) in [4.78, 5) is 45.2. The maximum Gasteiger partial charge on any atom is 0.407 e. The third-order valence-electron chi connectivity index (χ3n) is 7.21. The smallest absolute Gasteiger partial charge is 0.407 e. The number of rotatable bonds is 14. The lowest BCUT2D eigenvalue weighted by Gasteiger charge is -2.31. The lowest BCUT2D eigenvalue weighted by molar-refractivity contribution is -0.125. The van der Waals surface area contributed by atoms with E-state index in [0.29, 0.717) is 23.7 Å². The molecule has 0 fully saturated rings. The quantitative estimate of drug-likeness (QED) is 0.171. The zero-order chi connectivity index (χ0) is 33.9. The topological polar surface area (TPSA) is 159 Å². The fraction of sp³-hybridized carbons (Fsp3) is 0.471. The van der Waals surface area contributed by atoms with E-state index in [0.717, 1.165) is 11.1 Å². The fourth-order valence-corrected chi connectivity index (χ4v) is 5.49. The first-order valence-electron chi connectivity index (χ1n) is 15.5. The van der Waals surface area contributed by atoms with E-state index < -0.39 is 47.9 Å². The number of aromatic nitrogens is 1. The molecule has 1 aromatic heterocycles. The van der Waals surface area contributed by atoms with Crippen LogP contribution in [0.1, 0.15) is 57.9 Å². The number of benzene rings is 2. The average Bonchev–Trinajstić information content (AvgIpc) is 3.39. The number of hydrogen-bond donors (Lipinski definition) is 5. The molecule has 2 aromatic carbocycles. The molecular weight excluding hydrogens is 604 g/mol. The molecule has 0 aliphatic heterocycles. The molecular formula is C34H48N6O5S. The zero-order valence-electron chi connectivity index (χ0n) is 27.5. The van der Waals surface area contributed by atoms with Crippen molar-refractivity contribution >= 4 is 34.5 Å². The minimum absolute atomic E-state index is 0.143. The lowest BCUT2D eigenvalue weighted by Crippen LogP contribution is -2.57. The molecule has 1 heterocycles. The van der Waals surface area contributed by atoms with E-state index in [2.05, 4.69) is 20.9 Å². The Morgan fingerprint density at radius 1 is 0.957 bits per heavy atom. The van der Waals surface area contributed by atoms with Crippen molar-refractivity contribution in [1.82, 2.24) is 25.8 Å². The Labute approximate surface area is 275 Å². The van der Waals surface area contributed by atoms with Crippen LogP contribution in [0, 0.1) is 5.92 Å². The van der Waals surface area contributed by atoms with Gasteiger partial charge in [-0.15, -0.1) is 11.3 Å². The third kappa shape index (κ3) is 12.3. The molecule has 6 N–H and O–H groups in total. The van der Waals surface area contributed by atoms with Crippen LogP contribution < -0.4 is 21.7 Å². The number of nitrogens with one attached hydrogen (secondary N) is 3. The van der Waals surface area contributed by atoms with Crippen LogP contribution in [0.5, 0.6) is 0 Å². The molecule has 12 heteroatoms. The maximum absolute atomic E-state index is 13.7. The van der Waals surface area contributed by atoms with E-state index in [1.807, 2.05) is 74.5 Å². The number of nitrogen functional groups attached to an aromatic ring is 1. The average molecular weight is 653 g/mol. The molecule has 0 bridgehead atoms. The molecule has 0 radical (unpaired) electrons. The number of carbonyl (C=O) groups excluding carboxylic acids is 3. The largest absolute Gasteiger partial charge is 0.444 e. The van der Waals surface area contributed by atoms with Crippen LogP contribution in [-0.4, -0.2) is 69.9 Å². The first-order valence-corrected chi connectivity index (χ1v) is 16.4. The number of ether oxygens (including phenoxy) is 1. The third-order valence-corrected chi connectivity index (χ3v) is 7.93. The van der Waals surface area contributed by atoms with Crippen LogP contribution in [0.4, 0.5) is 14.7 Å². The van der Waals surface area contributed by atoms with E-state index in [1.165, 1.54) is 16.2 Å². The molecule has 0 aliphatic rings. The second-order valence-electron chi connectivity index (χ2n) is 12.8. The summed E-state index contributed by atoms with van der Waals surface area (Å²) in [5.74, 6) is -0.671. The predicted octanol–water partition coefficient (Wildman–Crippen LogP) is 4.51. The van der Waals surface area contributed by atoms with Crippen molar-refractivity contribution < 1.29 is 24.2 Å². The highest BCUT2D eigenvalue weighted by molar-refractivity contribution is 7.13.